The van der Waals surface area contributed by atoms with Crippen molar-refractivity contribution in [2.45, 2.75) is 36.9 Å². The third kappa shape index (κ3) is 4.39. The highest BCUT2D eigenvalue weighted by atomic mass is 32.2. The fraction of sp³-hybridized carbons (Fsp3) is 0.286. The molecule has 4 rings (SSSR count). The van der Waals surface area contributed by atoms with Gasteiger partial charge in [-0.3, -0.25) is 4.79 Å². The molecule has 1 fully saturated rings. The van der Waals surface area contributed by atoms with E-state index in [0.29, 0.717) is 20.5 Å². The van der Waals surface area contributed by atoms with E-state index >= 15 is 0 Å². The molecule has 2 aromatic carbocycles. The van der Waals surface area contributed by atoms with Crippen LogP contribution in [-0.2, 0) is 27.9 Å². The first-order chi connectivity index (χ1) is 14.4. The molecule has 3 aromatic rings. The van der Waals surface area contributed by atoms with Gasteiger partial charge in [0.2, 0.25) is 10.0 Å². The van der Waals surface area contributed by atoms with Crippen molar-refractivity contribution in [3.8, 4) is 0 Å². The Bertz CT molecular complexity index is 1190. The number of halogens is 1. The maximum absolute atomic E-state index is 14.3. The minimum Gasteiger partial charge on any atom is -0.380 e. The predicted molar refractivity (Wildman–Crippen MR) is 113 cm³/mol. The molecule has 1 aliphatic rings. The fourth-order valence-electron chi connectivity index (χ4n) is 3.17. The molecule has 0 unspecified atom stereocenters. The Labute approximate surface area is 178 Å². The van der Waals surface area contributed by atoms with Gasteiger partial charge in [-0.1, -0.05) is 18.2 Å². The summed E-state index contributed by atoms with van der Waals surface area (Å²) in [5.41, 5.74) is 1.29. The normalized spacial score (nSPS) is 14.2. The van der Waals surface area contributed by atoms with Crippen molar-refractivity contribution < 1.29 is 22.3 Å². The monoisotopic (exact) mass is 448 g/mol. The second kappa shape index (κ2) is 8.43. The number of hydrogen-bond donors (Lipinski definition) is 2. The van der Waals surface area contributed by atoms with Crippen LogP contribution < -0.4 is 10.0 Å². The number of benzene rings is 2. The minimum absolute atomic E-state index is 0.0430. The van der Waals surface area contributed by atoms with Gasteiger partial charge in [0.1, 0.15) is 5.82 Å². The number of amides is 1. The molecule has 0 spiro atoms. The number of rotatable bonds is 8. The fourth-order valence-corrected chi connectivity index (χ4v) is 5.61. The average molecular weight is 449 g/mol. The largest absolute Gasteiger partial charge is 0.380 e. The van der Waals surface area contributed by atoms with Crippen molar-refractivity contribution in [3.05, 3.63) is 64.3 Å². The summed E-state index contributed by atoms with van der Waals surface area (Å²) in [4.78, 5) is 13.4. The zero-order valence-electron chi connectivity index (χ0n) is 16.3. The third-order valence-electron chi connectivity index (χ3n) is 4.84. The molecule has 6 nitrogen and oxygen atoms in total. The Hall–Kier alpha value is -2.33. The summed E-state index contributed by atoms with van der Waals surface area (Å²) in [5.74, 6) is -0.707. The van der Waals surface area contributed by atoms with E-state index < -0.39 is 10.0 Å². The Morgan fingerprint density at radius 3 is 2.60 bits per heavy atom. The summed E-state index contributed by atoms with van der Waals surface area (Å²) in [6, 6.07) is 11.2. The van der Waals surface area contributed by atoms with Crippen LogP contribution in [0.5, 0.6) is 0 Å². The third-order valence-corrected chi connectivity index (χ3v) is 7.58. The van der Waals surface area contributed by atoms with Crippen molar-refractivity contribution in [2.24, 2.45) is 0 Å². The van der Waals surface area contributed by atoms with Crippen LogP contribution in [0.3, 0.4) is 0 Å². The minimum atomic E-state index is -3.50. The van der Waals surface area contributed by atoms with Gasteiger partial charge in [-0.05, 0) is 42.7 Å². The van der Waals surface area contributed by atoms with E-state index in [-0.39, 0.29) is 35.8 Å². The lowest BCUT2D eigenvalue weighted by Gasteiger charge is -2.08. The first kappa shape index (κ1) is 20.9. The zero-order valence-corrected chi connectivity index (χ0v) is 17.9. The highest BCUT2D eigenvalue weighted by Gasteiger charge is 2.28. The molecule has 1 heterocycles. The maximum atomic E-state index is 14.3. The molecule has 158 valence electrons. The molecule has 1 aliphatic carbocycles. The van der Waals surface area contributed by atoms with Gasteiger partial charge in [0, 0.05) is 35.3 Å². The molecule has 30 heavy (non-hydrogen) atoms. The Kier molecular flexibility index (Phi) is 5.88. The van der Waals surface area contributed by atoms with E-state index in [9.17, 15) is 17.6 Å². The van der Waals surface area contributed by atoms with Gasteiger partial charge in [-0.2, -0.15) is 0 Å². The molecule has 0 bridgehead atoms. The van der Waals surface area contributed by atoms with Crippen LogP contribution in [0.15, 0.2) is 47.4 Å². The summed E-state index contributed by atoms with van der Waals surface area (Å²) in [7, 11) is -2.00. The number of methoxy groups -OCH3 is 1. The molecular weight excluding hydrogens is 427 g/mol. The molecule has 0 atom stereocenters. The summed E-state index contributed by atoms with van der Waals surface area (Å²) in [6.45, 7) is 0.350. The summed E-state index contributed by atoms with van der Waals surface area (Å²) in [5, 5.41) is 3.23. The Morgan fingerprint density at radius 1 is 1.20 bits per heavy atom. The number of fused-ring (bicyclic) bond motifs is 1. The van der Waals surface area contributed by atoms with Crippen LogP contribution >= 0.6 is 11.3 Å². The summed E-state index contributed by atoms with van der Waals surface area (Å²) >= 11 is 1.22. The highest BCUT2D eigenvalue weighted by Crippen LogP contribution is 2.33. The number of hydrogen-bond acceptors (Lipinski definition) is 5. The number of carbonyl (C=O) groups is 1. The van der Waals surface area contributed by atoms with Crippen molar-refractivity contribution >= 4 is 37.4 Å². The smallest absolute Gasteiger partial charge is 0.262 e. The summed E-state index contributed by atoms with van der Waals surface area (Å²) < 4.78 is 47.2. The van der Waals surface area contributed by atoms with Crippen molar-refractivity contribution in [2.75, 3.05) is 7.11 Å². The number of nitrogens with one attached hydrogen (secondary N) is 2. The first-order valence-corrected chi connectivity index (χ1v) is 11.8. The maximum Gasteiger partial charge on any atom is 0.262 e. The molecule has 1 amide bonds. The number of carbonyl (C=O) groups excluding carboxylic acids is 1. The molecule has 9 heteroatoms. The molecule has 1 saturated carbocycles. The Balaban J connectivity index is 1.48. The summed E-state index contributed by atoms with van der Waals surface area (Å²) in [6.07, 6.45) is 1.74. The van der Waals surface area contributed by atoms with E-state index in [1.807, 2.05) is 0 Å². The SMILES string of the molecule is COCc1c(C(=O)NCc2ccc(S(=O)(=O)NC3CC3)cc2)sc2cccc(F)c12. The topological polar surface area (TPSA) is 84.5 Å². The van der Waals surface area contributed by atoms with Crippen LogP contribution in [0, 0.1) is 5.82 Å². The van der Waals surface area contributed by atoms with Crippen molar-refractivity contribution in [3.63, 3.8) is 0 Å². The zero-order chi connectivity index (χ0) is 21.3. The quantitative estimate of drug-likeness (QED) is 0.552. The van der Waals surface area contributed by atoms with Gasteiger partial charge in [0.25, 0.3) is 5.91 Å². The second-order valence-corrected chi connectivity index (χ2v) is 9.94. The standard InChI is InChI=1S/C21H21FN2O4S2/c1-28-12-16-19-17(22)3-2-4-18(19)29-20(16)21(25)23-11-13-5-9-15(10-6-13)30(26,27)24-14-7-8-14/h2-6,9-10,14,24H,7-8,11-12H2,1H3,(H,23,25). The van der Waals surface area contributed by atoms with Gasteiger partial charge in [-0.15, -0.1) is 11.3 Å². The van der Waals surface area contributed by atoms with Crippen molar-refractivity contribution in [1.29, 1.82) is 0 Å². The Morgan fingerprint density at radius 2 is 1.93 bits per heavy atom. The van der Waals surface area contributed by atoms with Gasteiger partial charge >= 0.3 is 0 Å². The number of sulfonamides is 1. The number of ether oxygens (including phenoxy) is 1. The number of thiophene rings is 1. The molecule has 0 aliphatic heterocycles. The van der Waals surface area contributed by atoms with E-state index in [2.05, 4.69) is 10.0 Å². The van der Waals surface area contributed by atoms with Crippen LogP contribution in [0.4, 0.5) is 4.39 Å². The predicted octanol–water partition coefficient (Wildman–Crippen LogP) is 3.56. The molecule has 1 aromatic heterocycles. The second-order valence-electron chi connectivity index (χ2n) is 7.18. The van der Waals surface area contributed by atoms with Crippen LogP contribution in [-0.4, -0.2) is 27.5 Å². The van der Waals surface area contributed by atoms with E-state index in [1.54, 1.807) is 24.3 Å². The van der Waals surface area contributed by atoms with Crippen LogP contribution in [0.2, 0.25) is 0 Å². The van der Waals surface area contributed by atoms with Crippen LogP contribution in [0.1, 0.15) is 33.6 Å². The van der Waals surface area contributed by atoms with E-state index in [0.717, 1.165) is 18.4 Å². The van der Waals surface area contributed by atoms with Gasteiger partial charge in [-0.25, -0.2) is 17.5 Å². The van der Waals surface area contributed by atoms with E-state index in [1.165, 1.54) is 36.6 Å². The first-order valence-electron chi connectivity index (χ1n) is 9.47. The van der Waals surface area contributed by atoms with Gasteiger partial charge in [0.05, 0.1) is 16.4 Å². The average Bonchev–Trinajstić information content (AvgIpc) is 3.45. The lowest BCUT2D eigenvalue weighted by atomic mass is 10.1. The van der Waals surface area contributed by atoms with Crippen molar-refractivity contribution in [1.82, 2.24) is 10.0 Å². The molecule has 2 N–H and O–H groups in total. The highest BCUT2D eigenvalue weighted by molar-refractivity contribution is 7.89. The van der Waals surface area contributed by atoms with Crippen LogP contribution in [0.25, 0.3) is 10.1 Å². The molecular formula is C21H21FN2O4S2. The lowest BCUT2D eigenvalue weighted by molar-refractivity contribution is 0.0950. The van der Waals surface area contributed by atoms with Gasteiger partial charge in [0.15, 0.2) is 0 Å². The van der Waals surface area contributed by atoms with E-state index in [4.69, 9.17) is 4.74 Å². The molecule has 0 radical (unpaired) electrons. The lowest BCUT2D eigenvalue weighted by Crippen LogP contribution is -2.26. The molecule has 0 saturated heterocycles. The van der Waals surface area contributed by atoms with Gasteiger partial charge < -0.3 is 10.1 Å².